The van der Waals surface area contributed by atoms with Gasteiger partial charge >= 0.3 is 6.18 Å². The predicted octanol–water partition coefficient (Wildman–Crippen LogP) is 3.33. The molecule has 1 saturated heterocycles. The van der Waals surface area contributed by atoms with Crippen LogP contribution in [0.1, 0.15) is 34.8 Å². The van der Waals surface area contributed by atoms with Crippen molar-refractivity contribution in [3.05, 3.63) is 35.9 Å². The van der Waals surface area contributed by atoms with Gasteiger partial charge in [0.25, 0.3) is 5.91 Å². The predicted molar refractivity (Wildman–Crippen MR) is 90.2 cm³/mol. The van der Waals surface area contributed by atoms with Crippen LogP contribution in [0, 0.1) is 0 Å². The van der Waals surface area contributed by atoms with Gasteiger partial charge in [0.15, 0.2) is 11.7 Å². The summed E-state index contributed by atoms with van der Waals surface area (Å²) in [7, 11) is 0. The molecular weight excluding hydrogens is 369 g/mol. The second-order valence-corrected chi connectivity index (χ2v) is 7.49. The minimum Gasteiger partial charge on any atom is -0.467 e. The third-order valence-corrected chi connectivity index (χ3v) is 5.54. The monoisotopic (exact) mass is 386 g/mol. The molecule has 10 heteroatoms. The van der Waals surface area contributed by atoms with Crippen LogP contribution in [0.15, 0.2) is 28.9 Å². The number of anilines is 1. The smallest absolute Gasteiger partial charge is 0.410 e. The highest BCUT2D eigenvalue weighted by Gasteiger charge is 2.47. The summed E-state index contributed by atoms with van der Waals surface area (Å²) in [6.45, 7) is 1.16. The van der Waals surface area contributed by atoms with E-state index in [1.165, 1.54) is 12.3 Å². The van der Waals surface area contributed by atoms with Crippen LogP contribution < -0.4 is 5.32 Å². The van der Waals surface area contributed by atoms with Crippen molar-refractivity contribution in [2.24, 2.45) is 0 Å². The van der Waals surface area contributed by atoms with Crippen LogP contribution >= 0.6 is 11.8 Å². The minimum atomic E-state index is -4.48. The molecule has 1 N–H and O–H groups in total. The molecule has 26 heavy (non-hydrogen) atoms. The molecule has 4 heterocycles. The summed E-state index contributed by atoms with van der Waals surface area (Å²) >= 11 is 1.75. The number of rotatable bonds is 2. The van der Waals surface area contributed by atoms with Crippen LogP contribution in [-0.2, 0) is 0 Å². The largest absolute Gasteiger partial charge is 0.467 e. The van der Waals surface area contributed by atoms with Gasteiger partial charge in [-0.2, -0.15) is 30.0 Å². The van der Waals surface area contributed by atoms with Gasteiger partial charge in [-0.3, -0.25) is 4.79 Å². The minimum absolute atomic E-state index is 0.0359. The van der Waals surface area contributed by atoms with Gasteiger partial charge in [-0.25, -0.2) is 4.68 Å². The molecular formula is C16H17F3N4O2S. The molecule has 1 amide bonds. The third-order valence-electron chi connectivity index (χ3n) is 4.59. The van der Waals surface area contributed by atoms with Gasteiger partial charge in [-0.15, -0.1) is 0 Å². The van der Waals surface area contributed by atoms with Crippen molar-refractivity contribution in [3.8, 4) is 0 Å². The van der Waals surface area contributed by atoms with Crippen molar-refractivity contribution in [2.45, 2.75) is 24.7 Å². The first kappa shape index (κ1) is 17.3. The SMILES string of the molecule is O=C(c1cc2n(n1)[C@H](C(F)(F)F)C[C@@H](c1ccco1)N2)N1CCSCC1. The maximum Gasteiger partial charge on any atom is 0.410 e. The van der Waals surface area contributed by atoms with E-state index in [4.69, 9.17) is 4.42 Å². The summed E-state index contributed by atoms with van der Waals surface area (Å²) in [5, 5.41) is 7.01. The molecule has 2 atom stereocenters. The number of nitrogens with zero attached hydrogens (tertiary/aromatic N) is 3. The van der Waals surface area contributed by atoms with E-state index in [0.29, 0.717) is 18.8 Å². The van der Waals surface area contributed by atoms with E-state index in [9.17, 15) is 18.0 Å². The Balaban J connectivity index is 1.66. The van der Waals surface area contributed by atoms with E-state index in [0.717, 1.165) is 16.2 Å². The molecule has 6 nitrogen and oxygen atoms in total. The molecule has 2 aromatic rings. The fraction of sp³-hybridized carbons (Fsp3) is 0.500. The number of thioether (sulfide) groups is 1. The zero-order valence-corrected chi connectivity index (χ0v) is 14.5. The van der Waals surface area contributed by atoms with E-state index in [2.05, 4.69) is 10.4 Å². The Kier molecular flexibility index (Phi) is 4.37. The maximum absolute atomic E-state index is 13.6. The molecule has 2 aliphatic rings. The molecule has 0 aromatic carbocycles. The van der Waals surface area contributed by atoms with Crippen LogP contribution in [0.3, 0.4) is 0 Å². The summed E-state index contributed by atoms with van der Waals surface area (Å²) in [4.78, 5) is 14.2. The first-order chi connectivity index (χ1) is 12.4. The lowest BCUT2D eigenvalue weighted by molar-refractivity contribution is -0.174. The quantitative estimate of drug-likeness (QED) is 0.858. The molecule has 2 aromatic heterocycles. The summed E-state index contributed by atoms with van der Waals surface area (Å²) in [6.07, 6.45) is -3.30. The topological polar surface area (TPSA) is 63.3 Å². The molecule has 0 saturated carbocycles. The Morgan fingerprint density at radius 1 is 1.35 bits per heavy atom. The summed E-state index contributed by atoms with van der Waals surface area (Å²) in [5.74, 6) is 1.92. The fourth-order valence-electron chi connectivity index (χ4n) is 3.28. The van der Waals surface area contributed by atoms with Gasteiger partial charge in [-0.1, -0.05) is 0 Å². The van der Waals surface area contributed by atoms with Crippen LogP contribution in [0.25, 0.3) is 0 Å². The van der Waals surface area contributed by atoms with E-state index >= 15 is 0 Å². The van der Waals surface area contributed by atoms with Gasteiger partial charge < -0.3 is 14.6 Å². The van der Waals surface area contributed by atoms with Crippen molar-refractivity contribution in [1.29, 1.82) is 0 Å². The molecule has 4 rings (SSSR count). The lowest BCUT2D eigenvalue weighted by Gasteiger charge is -2.32. The molecule has 0 unspecified atom stereocenters. The van der Waals surface area contributed by atoms with Crippen LogP contribution in [0.4, 0.5) is 19.0 Å². The Hall–Kier alpha value is -2.10. The molecule has 2 aliphatic heterocycles. The highest BCUT2D eigenvalue weighted by Crippen LogP contribution is 2.43. The lowest BCUT2D eigenvalue weighted by atomic mass is 10.0. The Morgan fingerprint density at radius 2 is 2.12 bits per heavy atom. The number of aromatic nitrogens is 2. The van der Waals surface area contributed by atoms with E-state index in [1.807, 2.05) is 0 Å². The van der Waals surface area contributed by atoms with Crippen LogP contribution in [0.5, 0.6) is 0 Å². The van der Waals surface area contributed by atoms with Gasteiger partial charge in [0.1, 0.15) is 11.6 Å². The average Bonchev–Trinajstić information content (AvgIpc) is 3.29. The number of alkyl halides is 3. The molecule has 0 radical (unpaired) electrons. The van der Waals surface area contributed by atoms with Crippen molar-refractivity contribution in [3.63, 3.8) is 0 Å². The Bertz CT molecular complexity index is 784. The number of fused-ring (bicyclic) bond motifs is 1. The van der Waals surface area contributed by atoms with E-state index in [1.54, 1.807) is 28.8 Å². The number of nitrogens with one attached hydrogen (secondary N) is 1. The lowest BCUT2D eigenvalue weighted by Crippen LogP contribution is -2.38. The van der Waals surface area contributed by atoms with E-state index < -0.39 is 18.3 Å². The highest BCUT2D eigenvalue weighted by molar-refractivity contribution is 7.99. The fourth-order valence-corrected chi connectivity index (χ4v) is 4.19. The first-order valence-electron chi connectivity index (χ1n) is 8.26. The number of amides is 1. The Morgan fingerprint density at radius 3 is 2.77 bits per heavy atom. The second kappa shape index (κ2) is 6.57. The second-order valence-electron chi connectivity index (χ2n) is 6.27. The Labute approximate surface area is 151 Å². The number of furan rings is 1. The van der Waals surface area contributed by atoms with Crippen LogP contribution in [0.2, 0.25) is 0 Å². The first-order valence-corrected chi connectivity index (χ1v) is 9.42. The van der Waals surface area contributed by atoms with E-state index in [-0.39, 0.29) is 23.8 Å². The van der Waals surface area contributed by atoms with Crippen molar-refractivity contribution < 1.29 is 22.4 Å². The van der Waals surface area contributed by atoms with Crippen LogP contribution in [-0.4, -0.2) is 51.4 Å². The zero-order valence-electron chi connectivity index (χ0n) is 13.7. The maximum atomic E-state index is 13.6. The van der Waals surface area contributed by atoms with Gasteiger partial charge in [-0.05, 0) is 12.1 Å². The summed E-state index contributed by atoms with van der Waals surface area (Å²) in [6, 6.07) is 2.23. The number of carbonyl (C=O) groups excluding carboxylic acids is 1. The van der Waals surface area contributed by atoms with Gasteiger partial charge in [0.05, 0.1) is 12.3 Å². The highest BCUT2D eigenvalue weighted by atomic mass is 32.2. The molecule has 0 aliphatic carbocycles. The summed E-state index contributed by atoms with van der Waals surface area (Å²) in [5.41, 5.74) is 0.0359. The molecule has 140 valence electrons. The number of hydrogen-bond acceptors (Lipinski definition) is 5. The number of halogens is 3. The number of hydrogen-bond donors (Lipinski definition) is 1. The van der Waals surface area contributed by atoms with Gasteiger partial charge in [0.2, 0.25) is 0 Å². The summed E-state index contributed by atoms with van der Waals surface area (Å²) < 4.78 is 46.9. The van der Waals surface area contributed by atoms with Crippen molar-refractivity contribution >= 4 is 23.5 Å². The zero-order chi connectivity index (χ0) is 18.3. The number of carbonyl (C=O) groups is 1. The average molecular weight is 386 g/mol. The van der Waals surface area contributed by atoms with Gasteiger partial charge in [0, 0.05) is 37.1 Å². The molecule has 1 fully saturated rings. The van der Waals surface area contributed by atoms with Crippen molar-refractivity contribution in [1.82, 2.24) is 14.7 Å². The molecule has 0 spiro atoms. The normalized spacial score (nSPS) is 23.4. The van der Waals surface area contributed by atoms with Crippen molar-refractivity contribution in [2.75, 3.05) is 29.9 Å². The third kappa shape index (κ3) is 3.17. The standard InChI is InChI=1S/C16H17F3N4O2S/c17-16(18,19)13-8-10(12-2-1-5-25-12)20-14-9-11(21-23(13)14)15(24)22-3-6-26-7-4-22/h1-2,5,9-10,13,20H,3-4,6-8H2/t10-,13-/m0/s1. The molecule has 0 bridgehead atoms.